The van der Waals surface area contributed by atoms with Gasteiger partial charge in [0.1, 0.15) is 23.4 Å². The van der Waals surface area contributed by atoms with Crippen molar-refractivity contribution >= 4 is 22.0 Å². The normalized spacial score (nSPS) is 11.9. The molecule has 0 aliphatic rings. The zero-order valence-electron chi connectivity index (χ0n) is 20.4. The van der Waals surface area contributed by atoms with Gasteiger partial charge in [-0.1, -0.05) is 58.0 Å². The monoisotopic (exact) mass is 460 g/mol. The summed E-state index contributed by atoms with van der Waals surface area (Å²) < 4.78 is 14.0. The van der Waals surface area contributed by atoms with Crippen molar-refractivity contribution in [2.24, 2.45) is 0 Å². The van der Waals surface area contributed by atoms with E-state index in [0.717, 1.165) is 44.7 Å². The molecule has 0 fully saturated rings. The van der Waals surface area contributed by atoms with Crippen LogP contribution in [0.25, 0.3) is 50.4 Å². The van der Waals surface area contributed by atoms with Crippen molar-refractivity contribution < 1.29 is 8.83 Å². The lowest BCUT2D eigenvalue weighted by molar-refractivity contribution is 0.582. The van der Waals surface area contributed by atoms with Gasteiger partial charge in [-0.25, -0.2) is 4.98 Å². The summed E-state index contributed by atoms with van der Waals surface area (Å²) in [6.07, 6.45) is 3.53. The fraction of sp³-hybridized carbons (Fsp3) is 0.194. The van der Waals surface area contributed by atoms with Gasteiger partial charge in [-0.15, -0.1) is 0 Å². The molecule has 3 aromatic carbocycles. The van der Waals surface area contributed by atoms with Crippen LogP contribution in [-0.2, 0) is 0 Å². The second-order valence-electron chi connectivity index (χ2n) is 9.69. The molecule has 6 rings (SSSR count). The molecule has 0 saturated heterocycles. The number of furan rings is 2. The maximum atomic E-state index is 6.03. The van der Waals surface area contributed by atoms with Gasteiger partial charge in [0.25, 0.3) is 0 Å². The van der Waals surface area contributed by atoms with Gasteiger partial charge in [-0.3, -0.25) is 4.57 Å². The molecule has 6 aromatic rings. The molecule has 0 aliphatic carbocycles. The van der Waals surface area contributed by atoms with Crippen molar-refractivity contribution in [1.82, 2.24) is 9.55 Å². The molecular formula is C31H28N2O2. The maximum Gasteiger partial charge on any atom is 0.149 e. The van der Waals surface area contributed by atoms with Gasteiger partial charge >= 0.3 is 0 Å². The Morgan fingerprint density at radius 2 is 1.54 bits per heavy atom. The SMILES string of the molecule is CC(C)c1cccc(C(C)C)c1-n1c(-c2coc3ccc(-c4ccco4)cc23)nc2ccccc21. The van der Waals surface area contributed by atoms with Crippen molar-refractivity contribution in [2.45, 2.75) is 39.5 Å². The highest BCUT2D eigenvalue weighted by molar-refractivity contribution is 5.97. The van der Waals surface area contributed by atoms with Crippen LogP contribution in [-0.4, -0.2) is 9.55 Å². The highest BCUT2D eigenvalue weighted by atomic mass is 16.3. The molecule has 0 amide bonds. The molecule has 3 heterocycles. The van der Waals surface area contributed by atoms with Gasteiger partial charge in [0.2, 0.25) is 0 Å². The third-order valence-corrected chi connectivity index (χ3v) is 6.75. The Labute approximate surface area is 204 Å². The lowest BCUT2D eigenvalue weighted by atomic mass is 9.92. The molecule has 3 aromatic heterocycles. The third-order valence-electron chi connectivity index (χ3n) is 6.75. The molecule has 0 spiro atoms. The van der Waals surface area contributed by atoms with Crippen LogP contribution in [0.4, 0.5) is 0 Å². The number of fused-ring (bicyclic) bond motifs is 2. The highest BCUT2D eigenvalue weighted by Crippen LogP contribution is 2.40. The van der Waals surface area contributed by atoms with Gasteiger partial charge in [0.15, 0.2) is 0 Å². The van der Waals surface area contributed by atoms with Gasteiger partial charge in [0, 0.05) is 10.9 Å². The third kappa shape index (κ3) is 3.48. The molecule has 4 heteroatoms. The molecule has 0 saturated carbocycles. The van der Waals surface area contributed by atoms with E-state index >= 15 is 0 Å². The van der Waals surface area contributed by atoms with E-state index in [2.05, 4.69) is 74.7 Å². The Bertz CT molecular complexity index is 1620. The summed E-state index contributed by atoms with van der Waals surface area (Å²) in [6, 6.07) is 25.1. The van der Waals surface area contributed by atoms with Gasteiger partial charge in [0.05, 0.1) is 28.5 Å². The van der Waals surface area contributed by atoms with Crippen molar-refractivity contribution in [2.75, 3.05) is 0 Å². The average Bonchev–Trinajstić information content (AvgIpc) is 3.61. The van der Waals surface area contributed by atoms with E-state index in [0.29, 0.717) is 11.8 Å². The second-order valence-corrected chi connectivity index (χ2v) is 9.69. The van der Waals surface area contributed by atoms with Crippen molar-refractivity contribution in [3.8, 4) is 28.4 Å². The van der Waals surface area contributed by atoms with Crippen LogP contribution in [0.3, 0.4) is 0 Å². The van der Waals surface area contributed by atoms with Crippen molar-refractivity contribution in [3.05, 3.63) is 96.4 Å². The van der Waals surface area contributed by atoms with E-state index < -0.39 is 0 Å². The zero-order valence-corrected chi connectivity index (χ0v) is 20.4. The Hall–Kier alpha value is -4.05. The van der Waals surface area contributed by atoms with Crippen LogP contribution < -0.4 is 0 Å². The minimum atomic E-state index is 0.365. The number of imidazole rings is 1. The van der Waals surface area contributed by atoms with Crippen LogP contribution in [0.1, 0.15) is 50.7 Å². The number of hydrogen-bond acceptors (Lipinski definition) is 3. The average molecular weight is 461 g/mol. The fourth-order valence-electron chi connectivity index (χ4n) is 5.00. The summed E-state index contributed by atoms with van der Waals surface area (Å²) in [5, 5.41) is 1.02. The van der Waals surface area contributed by atoms with E-state index in [1.165, 1.54) is 16.8 Å². The highest BCUT2D eigenvalue weighted by Gasteiger charge is 2.24. The van der Waals surface area contributed by atoms with E-state index in [4.69, 9.17) is 13.8 Å². The minimum absolute atomic E-state index is 0.365. The first-order chi connectivity index (χ1) is 17.0. The molecule has 35 heavy (non-hydrogen) atoms. The zero-order chi connectivity index (χ0) is 24.1. The van der Waals surface area contributed by atoms with Gasteiger partial charge in [-0.2, -0.15) is 0 Å². The number of nitrogens with zero attached hydrogens (tertiary/aromatic N) is 2. The van der Waals surface area contributed by atoms with E-state index in [9.17, 15) is 0 Å². The largest absolute Gasteiger partial charge is 0.464 e. The van der Waals surface area contributed by atoms with E-state index in [1.54, 1.807) is 6.26 Å². The first kappa shape index (κ1) is 21.5. The van der Waals surface area contributed by atoms with Crippen molar-refractivity contribution in [1.29, 1.82) is 0 Å². The molecule has 0 unspecified atom stereocenters. The van der Waals surface area contributed by atoms with Crippen LogP contribution in [0.5, 0.6) is 0 Å². The molecule has 0 aliphatic heterocycles. The van der Waals surface area contributed by atoms with Crippen LogP contribution >= 0.6 is 0 Å². The fourth-order valence-corrected chi connectivity index (χ4v) is 5.00. The number of para-hydroxylation sites is 3. The molecular weight excluding hydrogens is 432 g/mol. The van der Waals surface area contributed by atoms with Crippen LogP contribution in [0, 0.1) is 0 Å². The summed E-state index contributed by atoms with van der Waals surface area (Å²) in [5.74, 6) is 2.45. The van der Waals surface area contributed by atoms with Gasteiger partial charge < -0.3 is 8.83 Å². The molecule has 0 atom stereocenters. The Balaban J connectivity index is 1.69. The number of benzene rings is 3. The summed E-state index contributed by atoms with van der Waals surface area (Å²) in [7, 11) is 0. The first-order valence-corrected chi connectivity index (χ1v) is 12.2. The summed E-state index contributed by atoms with van der Waals surface area (Å²) in [4.78, 5) is 5.15. The lowest BCUT2D eigenvalue weighted by Crippen LogP contribution is -2.08. The summed E-state index contributed by atoms with van der Waals surface area (Å²) in [6.45, 7) is 9.02. The Kier molecular flexibility index (Phi) is 5.10. The van der Waals surface area contributed by atoms with Gasteiger partial charge in [-0.05, 0) is 65.4 Å². The second kappa shape index (κ2) is 8.31. The topological polar surface area (TPSA) is 44.1 Å². The maximum absolute atomic E-state index is 6.03. The molecule has 0 bridgehead atoms. The number of rotatable bonds is 5. The predicted molar refractivity (Wildman–Crippen MR) is 142 cm³/mol. The van der Waals surface area contributed by atoms with Crippen molar-refractivity contribution in [3.63, 3.8) is 0 Å². The Morgan fingerprint density at radius 3 is 2.26 bits per heavy atom. The number of hydrogen-bond donors (Lipinski definition) is 0. The number of aromatic nitrogens is 2. The summed E-state index contributed by atoms with van der Waals surface area (Å²) in [5.41, 5.74) is 8.71. The van der Waals surface area contributed by atoms with Crippen LogP contribution in [0.15, 0.2) is 94.2 Å². The minimum Gasteiger partial charge on any atom is -0.464 e. The molecule has 0 N–H and O–H groups in total. The standard InChI is InChI=1S/C31H28N2O2/c1-19(2)22-9-7-10-23(20(3)4)30(22)33-27-12-6-5-11-26(27)32-31(33)25-18-35-29-15-14-21(17-24(25)29)28-13-8-16-34-28/h5-20H,1-4H3. The molecule has 4 nitrogen and oxygen atoms in total. The smallest absolute Gasteiger partial charge is 0.149 e. The van der Waals surface area contributed by atoms with E-state index in [1.807, 2.05) is 36.6 Å². The quantitative estimate of drug-likeness (QED) is 0.258. The molecule has 0 radical (unpaired) electrons. The molecule has 174 valence electrons. The van der Waals surface area contributed by atoms with E-state index in [-0.39, 0.29) is 0 Å². The van der Waals surface area contributed by atoms with Crippen LogP contribution in [0.2, 0.25) is 0 Å². The lowest BCUT2D eigenvalue weighted by Gasteiger charge is -2.22. The predicted octanol–water partition coefficient (Wildman–Crippen LogP) is 8.95. The Morgan fingerprint density at radius 1 is 0.771 bits per heavy atom. The summed E-state index contributed by atoms with van der Waals surface area (Å²) >= 11 is 0. The first-order valence-electron chi connectivity index (χ1n) is 12.2.